The van der Waals surface area contributed by atoms with E-state index < -0.39 is 9.84 Å². The molecule has 0 spiro atoms. The maximum atomic E-state index is 10.9. The lowest BCUT2D eigenvalue weighted by atomic mass is 10.2. The van der Waals surface area contributed by atoms with Crippen LogP contribution in [0.4, 0.5) is 5.69 Å². The Morgan fingerprint density at radius 3 is 2.62 bits per heavy atom. The molecule has 5 heteroatoms. The summed E-state index contributed by atoms with van der Waals surface area (Å²) >= 11 is 1.68. The minimum absolute atomic E-state index is 0.258. The molecule has 0 heterocycles. The van der Waals surface area contributed by atoms with Gasteiger partial charge in [0.2, 0.25) is 0 Å². The summed E-state index contributed by atoms with van der Waals surface area (Å²) in [5.74, 6) is 1.08. The molecule has 2 N–H and O–H groups in total. The van der Waals surface area contributed by atoms with E-state index in [1.165, 1.54) is 11.2 Å². The summed E-state index contributed by atoms with van der Waals surface area (Å²) in [5, 5.41) is 0. The number of sulfone groups is 1. The van der Waals surface area contributed by atoms with Gasteiger partial charge in [0.25, 0.3) is 0 Å². The van der Waals surface area contributed by atoms with Gasteiger partial charge in [0.15, 0.2) is 0 Å². The van der Waals surface area contributed by atoms with Crippen molar-refractivity contribution < 1.29 is 8.42 Å². The van der Waals surface area contributed by atoms with Crippen LogP contribution in [0.1, 0.15) is 12.0 Å². The Bertz CT molecular complexity index is 455. The quantitative estimate of drug-likeness (QED) is 0.500. The number of rotatable bonds is 5. The molecule has 0 aliphatic rings. The van der Waals surface area contributed by atoms with Crippen molar-refractivity contribution in [1.29, 1.82) is 0 Å². The summed E-state index contributed by atoms with van der Waals surface area (Å²) in [6.07, 6.45) is 1.96. The van der Waals surface area contributed by atoms with Gasteiger partial charge in [-0.05, 0) is 42.9 Å². The molecule has 0 aliphatic heterocycles. The molecule has 0 aliphatic carbocycles. The van der Waals surface area contributed by atoms with Crippen LogP contribution in [-0.4, -0.2) is 26.2 Å². The van der Waals surface area contributed by atoms with E-state index in [2.05, 4.69) is 0 Å². The summed E-state index contributed by atoms with van der Waals surface area (Å²) < 4.78 is 21.9. The normalized spacial score (nSPS) is 11.6. The molecule has 1 rings (SSSR count). The summed E-state index contributed by atoms with van der Waals surface area (Å²) in [6, 6.07) is 5.78. The highest BCUT2D eigenvalue weighted by molar-refractivity contribution is 7.99. The van der Waals surface area contributed by atoms with Crippen LogP contribution in [-0.2, 0) is 9.84 Å². The Kier molecular flexibility index (Phi) is 4.68. The Morgan fingerprint density at radius 1 is 1.38 bits per heavy atom. The van der Waals surface area contributed by atoms with Gasteiger partial charge in [-0.3, -0.25) is 0 Å². The molecule has 0 bridgehead atoms. The highest BCUT2D eigenvalue weighted by atomic mass is 32.2. The van der Waals surface area contributed by atoms with Crippen LogP contribution < -0.4 is 5.73 Å². The molecule has 0 radical (unpaired) electrons. The molecule has 0 amide bonds. The standard InChI is InChI=1S/C11H17NO2S2/c1-9-8-10(12)4-5-11(9)15-6-3-7-16(2,13)14/h4-5,8H,3,6-7,12H2,1-2H3. The molecule has 0 unspecified atom stereocenters. The molecular formula is C11H17NO2S2. The second kappa shape index (κ2) is 5.59. The average molecular weight is 259 g/mol. The van der Waals surface area contributed by atoms with E-state index in [4.69, 9.17) is 5.73 Å². The van der Waals surface area contributed by atoms with E-state index in [0.717, 1.165) is 17.0 Å². The number of hydrogen-bond donors (Lipinski definition) is 1. The molecule has 0 fully saturated rings. The summed E-state index contributed by atoms with van der Waals surface area (Å²) in [7, 11) is -2.83. The van der Waals surface area contributed by atoms with E-state index >= 15 is 0 Å². The van der Waals surface area contributed by atoms with E-state index in [1.54, 1.807) is 11.8 Å². The van der Waals surface area contributed by atoms with E-state index in [-0.39, 0.29) is 5.75 Å². The van der Waals surface area contributed by atoms with Crippen LogP contribution in [0.3, 0.4) is 0 Å². The third-order valence-corrected chi connectivity index (χ3v) is 4.41. The van der Waals surface area contributed by atoms with Crippen LogP contribution in [0.2, 0.25) is 0 Å². The van der Waals surface area contributed by atoms with Gasteiger partial charge in [0, 0.05) is 16.8 Å². The largest absolute Gasteiger partial charge is 0.399 e. The molecule has 1 aromatic rings. The SMILES string of the molecule is Cc1cc(N)ccc1SCCCS(C)(=O)=O. The summed E-state index contributed by atoms with van der Waals surface area (Å²) in [4.78, 5) is 1.17. The molecule has 3 nitrogen and oxygen atoms in total. The van der Waals surface area contributed by atoms with Gasteiger partial charge in [0.1, 0.15) is 9.84 Å². The molecule has 0 aromatic heterocycles. The number of nitrogen functional groups attached to an aromatic ring is 1. The average Bonchev–Trinajstić information content (AvgIpc) is 2.13. The van der Waals surface area contributed by atoms with Gasteiger partial charge in [-0.2, -0.15) is 0 Å². The fraction of sp³-hybridized carbons (Fsp3) is 0.455. The first kappa shape index (κ1) is 13.4. The lowest BCUT2D eigenvalue weighted by molar-refractivity contribution is 0.600. The number of aryl methyl sites for hydroxylation is 1. The van der Waals surface area contributed by atoms with E-state index in [9.17, 15) is 8.42 Å². The maximum absolute atomic E-state index is 10.9. The smallest absolute Gasteiger partial charge is 0.147 e. The maximum Gasteiger partial charge on any atom is 0.147 e. The van der Waals surface area contributed by atoms with Gasteiger partial charge < -0.3 is 5.73 Å². The predicted molar refractivity (Wildman–Crippen MR) is 70.6 cm³/mol. The first-order valence-electron chi connectivity index (χ1n) is 5.05. The molecular weight excluding hydrogens is 242 g/mol. The van der Waals surface area contributed by atoms with Crippen molar-refractivity contribution in [3.63, 3.8) is 0 Å². The van der Waals surface area contributed by atoms with Crippen molar-refractivity contribution in [3.8, 4) is 0 Å². The lowest BCUT2D eigenvalue weighted by Gasteiger charge is -2.05. The zero-order valence-electron chi connectivity index (χ0n) is 9.56. The highest BCUT2D eigenvalue weighted by Crippen LogP contribution is 2.24. The molecule has 0 saturated carbocycles. The van der Waals surface area contributed by atoms with Crippen LogP contribution in [0.25, 0.3) is 0 Å². The minimum Gasteiger partial charge on any atom is -0.399 e. The van der Waals surface area contributed by atoms with Crippen LogP contribution in [0.15, 0.2) is 23.1 Å². The first-order valence-corrected chi connectivity index (χ1v) is 8.10. The van der Waals surface area contributed by atoms with Gasteiger partial charge in [-0.15, -0.1) is 11.8 Å². The Labute approximate surface area is 101 Å². The number of benzene rings is 1. The van der Waals surface area contributed by atoms with Crippen LogP contribution in [0.5, 0.6) is 0 Å². The third-order valence-electron chi connectivity index (χ3n) is 2.12. The number of nitrogens with two attached hydrogens (primary N) is 1. The topological polar surface area (TPSA) is 60.2 Å². The third kappa shape index (κ3) is 4.90. The Morgan fingerprint density at radius 2 is 2.06 bits per heavy atom. The van der Waals surface area contributed by atoms with E-state index in [1.807, 2.05) is 25.1 Å². The number of hydrogen-bond acceptors (Lipinski definition) is 4. The van der Waals surface area contributed by atoms with Crippen molar-refractivity contribution in [2.75, 3.05) is 23.5 Å². The zero-order valence-corrected chi connectivity index (χ0v) is 11.2. The van der Waals surface area contributed by atoms with Crippen LogP contribution in [0, 0.1) is 6.92 Å². The van der Waals surface area contributed by atoms with Gasteiger partial charge in [-0.25, -0.2) is 8.42 Å². The van der Waals surface area contributed by atoms with Gasteiger partial charge in [0.05, 0.1) is 5.75 Å². The highest BCUT2D eigenvalue weighted by Gasteiger charge is 2.03. The van der Waals surface area contributed by atoms with Crippen molar-refractivity contribution in [3.05, 3.63) is 23.8 Å². The molecule has 0 atom stereocenters. The van der Waals surface area contributed by atoms with Crippen molar-refractivity contribution in [2.45, 2.75) is 18.2 Å². The van der Waals surface area contributed by atoms with Crippen molar-refractivity contribution in [1.82, 2.24) is 0 Å². The van der Waals surface area contributed by atoms with E-state index in [0.29, 0.717) is 6.42 Å². The molecule has 90 valence electrons. The lowest BCUT2D eigenvalue weighted by Crippen LogP contribution is -2.03. The molecule has 0 saturated heterocycles. The Hall–Kier alpha value is -0.680. The summed E-state index contributed by atoms with van der Waals surface area (Å²) in [5.41, 5.74) is 7.56. The van der Waals surface area contributed by atoms with Crippen molar-refractivity contribution >= 4 is 27.3 Å². The van der Waals surface area contributed by atoms with Crippen molar-refractivity contribution in [2.24, 2.45) is 0 Å². The monoisotopic (exact) mass is 259 g/mol. The van der Waals surface area contributed by atoms with Gasteiger partial charge in [-0.1, -0.05) is 0 Å². The second-order valence-electron chi connectivity index (χ2n) is 3.86. The summed E-state index contributed by atoms with van der Waals surface area (Å²) in [6.45, 7) is 2.01. The number of thioether (sulfide) groups is 1. The van der Waals surface area contributed by atoms with Gasteiger partial charge >= 0.3 is 0 Å². The Balaban J connectivity index is 2.43. The molecule has 1 aromatic carbocycles. The zero-order chi connectivity index (χ0) is 12.2. The first-order chi connectivity index (χ1) is 7.38. The molecule has 16 heavy (non-hydrogen) atoms. The fourth-order valence-electron chi connectivity index (χ4n) is 1.34. The second-order valence-corrected chi connectivity index (χ2v) is 7.25. The predicted octanol–water partition coefficient (Wildman–Crippen LogP) is 2.10. The number of anilines is 1. The fourth-order valence-corrected chi connectivity index (χ4v) is 3.15. The minimum atomic E-state index is -2.83. The van der Waals surface area contributed by atoms with Crippen LogP contribution >= 0.6 is 11.8 Å².